The molecule has 2 aromatic rings. The Labute approximate surface area is 107 Å². The van der Waals surface area contributed by atoms with Gasteiger partial charge in [0.1, 0.15) is 6.61 Å². The first-order valence-electron chi connectivity index (χ1n) is 5.93. The molecule has 0 fully saturated rings. The summed E-state index contributed by atoms with van der Waals surface area (Å²) >= 11 is 0. The summed E-state index contributed by atoms with van der Waals surface area (Å²) < 4.78 is 5.44. The predicted octanol–water partition coefficient (Wildman–Crippen LogP) is 2.18. The van der Waals surface area contributed by atoms with E-state index in [1.165, 1.54) is 0 Å². The van der Waals surface area contributed by atoms with Gasteiger partial charge in [0.25, 0.3) is 0 Å². The fourth-order valence-corrected chi connectivity index (χ4v) is 1.58. The molecule has 0 bridgehead atoms. The van der Waals surface area contributed by atoms with E-state index in [1.807, 2.05) is 38.1 Å². The Kier molecular flexibility index (Phi) is 3.89. The number of aromatic nitrogens is 2. The lowest BCUT2D eigenvalue weighted by atomic mass is 10.1. The second kappa shape index (κ2) is 5.60. The predicted molar refractivity (Wildman–Crippen MR) is 71.3 cm³/mol. The van der Waals surface area contributed by atoms with E-state index in [4.69, 9.17) is 10.5 Å². The van der Waals surface area contributed by atoms with Crippen LogP contribution in [-0.4, -0.2) is 22.6 Å². The van der Waals surface area contributed by atoms with Crippen molar-refractivity contribution >= 4 is 0 Å². The molecule has 0 spiro atoms. The first-order chi connectivity index (χ1) is 8.66. The van der Waals surface area contributed by atoms with Crippen LogP contribution in [0.1, 0.15) is 12.5 Å². The van der Waals surface area contributed by atoms with Gasteiger partial charge in [0.2, 0.25) is 0 Å². The van der Waals surface area contributed by atoms with Crippen LogP contribution in [0, 0.1) is 6.92 Å². The molecular weight excluding hydrogens is 226 g/mol. The molecule has 2 N–H and O–H groups in total. The standard InChI is InChI=1S/C14H17N3O/c1-10-5-3-4-6-13(10)14-16-7-12(8-17-14)18-9-11(2)15/h3-8,11H,9,15H2,1-2H3. The zero-order valence-electron chi connectivity index (χ0n) is 10.6. The molecule has 1 unspecified atom stereocenters. The van der Waals surface area contributed by atoms with Crippen LogP contribution in [0.15, 0.2) is 36.7 Å². The van der Waals surface area contributed by atoms with Gasteiger partial charge >= 0.3 is 0 Å². The Hall–Kier alpha value is -1.94. The number of hydrogen-bond acceptors (Lipinski definition) is 4. The SMILES string of the molecule is Cc1ccccc1-c1ncc(OCC(C)N)cn1. The normalized spacial score (nSPS) is 12.2. The summed E-state index contributed by atoms with van der Waals surface area (Å²) in [5.41, 5.74) is 7.81. The molecule has 18 heavy (non-hydrogen) atoms. The highest BCUT2D eigenvalue weighted by molar-refractivity contribution is 5.59. The van der Waals surface area contributed by atoms with Gasteiger partial charge in [-0.1, -0.05) is 24.3 Å². The molecule has 0 saturated heterocycles. The zero-order valence-corrected chi connectivity index (χ0v) is 10.6. The minimum Gasteiger partial charge on any atom is -0.489 e. The van der Waals surface area contributed by atoms with Crippen molar-refractivity contribution in [2.24, 2.45) is 5.73 Å². The fourth-order valence-electron chi connectivity index (χ4n) is 1.58. The summed E-state index contributed by atoms with van der Waals surface area (Å²) in [5, 5.41) is 0. The second-order valence-electron chi connectivity index (χ2n) is 4.35. The van der Waals surface area contributed by atoms with E-state index >= 15 is 0 Å². The van der Waals surface area contributed by atoms with Crippen molar-refractivity contribution in [1.82, 2.24) is 9.97 Å². The molecule has 0 aliphatic heterocycles. The van der Waals surface area contributed by atoms with Gasteiger partial charge < -0.3 is 10.5 Å². The summed E-state index contributed by atoms with van der Waals surface area (Å²) in [5.74, 6) is 1.35. The Morgan fingerprint density at radius 3 is 2.50 bits per heavy atom. The molecule has 1 aromatic heterocycles. The maximum absolute atomic E-state index is 5.62. The molecule has 4 heteroatoms. The lowest BCUT2D eigenvalue weighted by Gasteiger charge is -2.08. The van der Waals surface area contributed by atoms with Crippen molar-refractivity contribution in [3.8, 4) is 17.1 Å². The molecule has 0 aliphatic carbocycles. The molecule has 0 saturated carbocycles. The minimum atomic E-state index is 0.000967. The monoisotopic (exact) mass is 243 g/mol. The molecule has 1 atom stereocenters. The third-order valence-electron chi connectivity index (χ3n) is 2.53. The molecule has 0 amide bonds. The van der Waals surface area contributed by atoms with E-state index in [9.17, 15) is 0 Å². The Balaban J connectivity index is 2.15. The molecule has 2 rings (SSSR count). The van der Waals surface area contributed by atoms with Crippen LogP contribution >= 0.6 is 0 Å². The number of aryl methyl sites for hydroxylation is 1. The molecule has 0 aliphatic rings. The maximum atomic E-state index is 5.62. The van der Waals surface area contributed by atoms with Gasteiger partial charge in [0.05, 0.1) is 12.4 Å². The van der Waals surface area contributed by atoms with Gasteiger partial charge in [0.15, 0.2) is 11.6 Å². The average molecular weight is 243 g/mol. The largest absolute Gasteiger partial charge is 0.489 e. The van der Waals surface area contributed by atoms with Crippen LogP contribution in [-0.2, 0) is 0 Å². The van der Waals surface area contributed by atoms with Gasteiger partial charge in [-0.2, -0.15) is 0 Å². The van der Waals surface area contributed by atoms with E-state index in [0.717, 1.165) is 11.1 Å². The number of nitrogens with two attached hydrogens (primary N) is 1. The van der Waals surface area contributed by atoms with Crippen LogP contribution in [0.4, 0.5) is 0 Å². The van der Waals surface area contributed by atoms with Crippen LogP contribution < -0.4 is 10.5 Å². The van der Waals surface area contributed by atoms with Crippen LogP contribution in [0.25, 0.3) is 11.4 Å². The molecule has 1 aromatic carbocycles. The Morgan fingerprint density at radius 1 is 1.22 bits per heavy atom. The van der Waals surface area contributed by atoms with Gasteiger partial charge in [-0.25, -0.2) is 9.97 Å². The summed E-state index contributed by atoms with van der Waals surface area (Å²) in [6.45, 7) is 4.40. The molecule has 0 radical (unpaired) electrons. The maximum Gasteiger partial charge on any atom is 0.159 e. The minimum absolute atomic E-state index is 0.000967. The fraction of sp³-hybridized carbons (Fsp3) is 0.286. The summed E-state index contributed by atoms with van der Waals surface area (Å²) in [6.07, 6.45) is 3.36. The van der Waals surface area contributed by atoms with Gasteiger partial charge in [-0.3, -0.25) is 0 Å². The van der Waals surface area contributed by atoms with Crippen molar-refractivity contribution in [2.75, 3.05) is 6.61 Å². The number of nitrogens with zero attached hydrogens (tertiary/aromatic N) is 2. The first kappa shape index (κ1) is 12.5. The lowest BCUT2D eigenvalue weighted by Crippen LogP contribution is -2.23. The third kappa shape index (κ3) is 3.05. The van der Waals surface area contributed by atoms with Crippen molar-refractivity contribution in [3.63, 3.8) is 0 Å². The highest BCUT2D eigenvalue weighted by Crippen LogP contribution is 2.19. The van der Waals surface area contributed by atoms with Crippen LogP contribution in [0.5, 0.6) is 5.75 Å². The molecule has 4 nitrogen and oxygen atoms in total. The lowest BCUT2D eigenvalue weighted by molar-refractivity contribution is 0.294. The topological polar surface area (TPSA) is 61.0 Å². The van der Waals surface area contributed by atoms with Crippen molar-refractivity contribution in [3.05, 3.63) is 42.2 Å². The number of hydrogen-bond donors (Lipinski definition) is 1. The highest BCUT2D eigenvalue weighted by atomic mass is 16.5. The Bertz CT molecular complexity index is 509. The van der Waals surface area contributed by atoms with E-state index in [0.29, 0.717) is 18.2 Å². The van der Waals surface area contributed by atoms with E-state index in [-0.39, 0.29) is 6.04 Å². The van der Waals surface area contributed by atoms with Crippen molar-refractivity contribution in [1.29, 1.82) is 0 Å². The van der Waals surface area contributed by atoms with Crippen molar-refractivity contribution < 1.29 is 4.74 Å². The smallest absolute Gasteiger partial charge is 0.159 e. The summed E-state index contributed by atoms with van der Waals surface area (Å²) in [4.78, 5) is 8.62. The van der Waals surface area contributed by atoms with E-state index in [1.54, 1.807) is 12.4 Å². The van der Waals surface area contributed by atoms with Gasteiger partial charge in [-0.05, 0) is 19.4 Å². The first-order valence-corrected chi connectivity index (χ1v) is 5.93. The number of ether oxygens (including phenoxy) is 1. The molecular formula is C14H17N3O. The quantitative estimate of drug-likeness (QED) is 0.894. The third-order valence-corrected chi connectivity index (χ3v) is 2.53. The highest BCUT2D eigenvalue weighted by Gasteiger charge is 2.04. The van der Waals surface area contributed by atoms with Crippen molar-refractivity contribution in [2.45, 2.75) is 19.9 Å². The number of rotatable bonds is 4. The number of benzene rings is 1. The van der Waals surface area contributed by atoms with Gasteiger partial charge in [0, 0.05) is 11.6 Å². The second-order valence-corrected chi connectivity index (χ2v) is 4.35. The van der Waals surface area contributed by atoms with E-state index in [2.05, 4.69) is 9.97 Å². The average Bonchev–Trinajstić information content (AvgIpc) is 2.38. The van der Waals surface area contributed by atoms with Crippen LogP contribution in [0.2, 0.25) is 0 Å². The van der Waals surface area contributed by atoms with E-state index < -0.39 is 0 Å². The summed E-state index contributed by atoms with van der Waals surface area (Å²) in [7, 11) is 0. The molecule has 1 heterocycles. The zero-order chi connectivity index (χ0) is 13.0. The summed E-state index contributed by atoms with van der Waals surface area (Å²) in [6, 6.07) is 8.03. The van der Waals surface area contributed by atoms with Crippen LogP contribution in [0.3, 0.4) is 0 Å². The molecule has 94 valence electrons. The van der Waals surface area contributed by atoms with Gasteiger partial charge in [-0.15, -0.1) is 0 Å². The Morgan fingerprint density at radius 2 is 1.89 bits per heavy atom.